The smallest absolute Gasteiger partial charge is 0.248 e. The van der Waals surface area contributed by atoms with E-state index in [-0.39, 0.29) is 23.9 Å². The molecule has 2 N–H and O–H groups in total. The van der Waals surface area contributed by atoms with Gasteiger partial charge in [-0.15, -0.1) is 0 Å². The molecule has 12 heteroatoms. The van der Waals surface area contributed by atoms with E-state index in [0.29, 0.717) is 54.5 Å². The highest BCUT2D eigenvalue weighted by Crippen LogP contribution is 2.33. The van der Waals surface area contributed by atoms with Crippen LogP contribution in [0.4, 0.5) is 21.6 Å². The number of hydrogen-bond donors (Lipinski definition) is 2. The Morgan fingerprint density at radius 3 is 2.73 bits per heavy atom. The summed E-state index contributed by atoms with van der Waals surface area (Å²) in [7, 11) is 1.55. The van der Waals surface area contributed by atoms with Crippen LogP contribution in [0.5, 0.6) is 5.75 Å². The predicted molar refractivity (Wildman–Crippen MR) is 168 cm³/mol. The number of fused-ring (bicyclic) bond motifs is 3. The van der Waals surface area contributed by atoms with E-state index < -0.39 is 0 Å². The van der Waals surface area contributed by atoms with Crippen LogP contribution in [-0.2, 0) is 20.8 Å². The molecule has 45 heavy (non-hydrogen) atoms. The van der Waals surface area contributed by atoms with Crippen LogP contribution in [0.15, 0.2) is 79.3 Å². The van der Waals surface area contributed by atoms with E-state index in [1.165, 1.54) is 24.5 Å². The van der Waals surface area contributed by atoms with E-state index >= 15 is 0 Å². The highest BCUT2D eigenvalue weighted by Gasteiger charge is 2.35. The molecule has 0 unspecified atom stereocenters. The minimum atomic E-state index is -0.274. The van der Waals surface area contributed by atoms with Crippen LogP contribution in [0.2, 0.25) is 0 Å². The van der Waals surface area contributed by atoms with Crippen LogP contribution in [0, 0.1) is 5.82 Å². The van der Waals surface area contributed by atoms with Gasteiger partial charge in [0.15, 0.2) is 0 Å². The Kier molecular flexibility index (Phi) is 8.07. The zero-order valence-corrected chi connectivity index (χ0v) is 24.6. The molecule has 2 aliphatic rings. The summed E-state index contributed by atoms with van der Waals surface area (Å²) in [4.78, 5) is 24.0. The molecule has 0 saturated carbocycles. The lowest BCUT2D eigenvalue weighted by Gasteiger charge is -2.24. The van der Waals surface area contributed by atoms with Gasteiger partial charge in [0, 0.05) is 48.2 Å². The summed E-state index contributed by atoms with van der Waals surface area (Å²) >= 11 is 0. The van der Waals surface area contributed by atoms with Crippen molar-refractivity contribution in [1.82, 2.24) is 24.6 Å². The topological polar surface area (TPSA) is 116 Å². The number of anilines is 3. The van der Waals surface area contributed by atoms with Gasteiger partial charge in [0.05, 0.1) is 62.0 Å². The number of ether oxygens (including phenoxy) is 3. The fourth-order valence-corrected chi connectivity index (χ4v) is 5.86. The molecule has 230 valence electrons. The summed E-state index contributed by atoms with van der Waals surface area (Å²) in [6.07, 6.45) is 6.82. The van der Waals surface area contributed by atoms with E-state index in [1.54, 1.807) is 31.5 Å². The number of amides is 1. The molecule has 2 fully saturated rings. The molecule has 2 atom stereocenters. The van der Waals surface area contributed by atoms with Crippen molar-refractivity contribution in [3.8, 4) is 5.75 Å². The molecule has 0 spiro atoms. The quantitative estimate of drug-likeness (QED) is 0.233. The zero-order chi connectivity index (χ0) is 30.8. The molecule has 3 aromatic carbocycles. The number of hydrogen-bond acceptors (Lipinski definition) is 9. The Morgan fingerprint density at radius 2 is 1.93 bits per heavy atom. The number of nitrogens with zero attached hydrogens (tertiary/aromatic N) is 5. The Bertz CT molecular complexity index is 1880. The SMILES string of the molecule is COc1cc2ncnc(Nc3ccc4c(cnn4Cc4cccc(F)c4)c3)c2cc1NC(=O)C=CCN1C[C@@H]2OCCO[C@@H]2C1. The van der Waals surface area contributed by atoms with Gasteiger partial charge in [-0.3, -0.25) is 14.4 Å². The molecule has 2 saturated heterocycles. The molecule has 0 bridgehead atoms. The molecule has 1 amide bonds. The molecular formula is C33H32FN7O4. The van der Waals surface area contributed by atoms with Crippen molar-refractivity contribution in [2.45, 2.75) is 18.8 Å². The van der Waals surface area contributed by atoms with Gasteiger partial charge in [-0.25, -0.2) is 14.4 Å². The molecule has 7 rings (SSSR count). The number of methoxy groups -OCH3 is 1. The third-order valence-corrected chi connectivity index (χ3v) is 8.01. The fraction of sp³-hybridized carbons (Fsp3) is 0.273. The van der Waals surface area contributed by atoms with Gasteiger partial charge in [-0.2, -0.15) is 5.10 Å². The third kappa shape index (κ3) is 6.34. The number of likely N-dealkylation sites (tertiary alicyclic amines) is 1. The van der Waals surface area contributed by atoms with Crippen LogP contribution >= 0.6 is 0 Å². The largest absolute Gasteiger partial charge is 0.494 e. The Morgan fingerprint density at radius 1 is 1.09 bits per heavy atom. The predicted octanol–water partition coefficient (Wildman–Crippen LogP) is 4.51. The second-order valence-corrected chi connectivity index (χ2v) is 11.1. The van der Waals surface area contributed by atoms with Crippen molar-refractivity contribution in [2.24, 2.45) is 0 Å². The molecule has 2 aliphatic heterocycles. The second-order valence-electron chi connectivity index (χ2n) is 11.1. The minimum Gasteiger partial charge on any atom is -0.494 e. The first-order chi connectivity index (χ1) is 22.0. The van der Waals surface area contributed by atoms with Crippen molar-refractivity contribution < 1.29 is 23.4 Å². The van der Waals surface area contributed by atoms with E-state index in [9.17, 15) is 9.18 Å². The number of aromatic nitrogens is 4. The number of benzene rings is 3. The molecule has 11 nitrogen and oxygen atoms in total. The van der Waals surface area contributed by atoms with Crippen molar-refractivity contribution in [2.75, 3.05) is 50.6 Å². The number of nitrogens with one attached hydrogen (secondary N) is 2. The van der Waals surface area contributed by atoms with Gasteiger partial charge in [-0.1, -0.05) is 18.2 Å². The monoisotopic (exact) mass is 609 g/mol. The first kappa shape index (κ1) is 28.8. The first-order valence-corrected chi connectivity index (χ1v) is 14.8. The number of rotatable bonds is 9. The van der Waals surface area contributed by atoms with Crippen LogP contribution in [0.25, 0.3) is 21.8 Å². The normalized spacial score (nSPS) is 18.4. The molecule has 2 aromatic heterocycles. The zero-order valence-electron chi connectivity index (χ0n) is 24.6. The maximum atomic E-state index is 13.7. The summed E-state index contributed by atoms with van der Waals surface area (Å²) in [5.41, 5.74) is 3.71. The Labute approximate surface area is 258 Å². The van der Waals surface area contributed by atoms with Gasteiger partial charge in [0.2, 0.25) is 5.91 Å². The van der Waals surface area contributed by atoms with Gasteiger partial charge in [-0.05, 0) is 42.0 Å². The average molecular weight is 610 g/mol. The van der Waals surface area contributed by atoms with Crippen molar-refractivity contribution in [3.63, 3.8) is 0 Å². The lowest BCUT2D eigenvalue weighted by atomic mass is 10.1. The van der Waals surface area contributed by atoms with Crippen LogP contribution in [-0.4, -0.2) is 82.7 Å². The van der Waals surface area contributed by atoms with Gasteiger partial charge in [0.1, 0.15) is 23.7 Å². The molecule has 5 aromatic rings. The maximum Gasteiger partial charge on any atom is 0.248 e. The third-order valence-electron chi connectivity index (χ3n) is 8.01. The van der Waals surface area contributed by atoms with Crippen LogP contribution < -0.4 is 15.4 Å². The van der Waals surface area contributed by atoms with Gasteiger partial charge >= 0.3 is 0 Å². The van der Waals surface area contributed by atoms with E-state index in [4.69, 9.17) is 14.2 Å². The second kappa shape index (κ2) is 12.6. The van der Waals surface area contributed by atoms with Crippen LogP contribution in [0.1, 0.15) is 5.56 Å². The van der Waals surface area contributed by atoms with E-state index in [2.05, 4.69) is 30.6 Å². The molecule has 0 radical (unpaired) electrons. The van der Waals surface area contributed by atoms with Crippen molar-refractivity contribution in [3.05, 3.63) is 90.7 Å². The van der Waals surface area contributed by atoms with Gasteiger partial charge in [0.25, 0.3) is 0 Å². The first-order valence-electron chi connectivity index (χ1n) is 14.8. The summed E-state index contributed by atoms with van der Waals surface area (Å²) in [5.74, 6) is 0.508. The highest BCUT2D eigenvalue weighted by atomic mass is 19.1. The summed E-state index contributed by atoms with van der Waals surface area (Å²) < 4.78 is 32.6. The molecule has 0 aliphatic carbocycles. The maximum absolute atomic E-state index is 13.7. The summed E-state index contributed by atoms with van der Waals surface area (Å²) in [5, 5.41) is 12.4. The number of carbonyl (C=O) groups excluding carboxylic acids is 1. The number of halogens is 1. The van der Waals surface area contributed by atoms with Gasteiger partial charge < -0.3 is 24.8 Å². The Hall–Kier alpha value is -4.91. The standard InChI is InChI=1S/C33H32FN7O4/c1-43-29-15-26-25(14-27(29)39-32(42)6-3-9-40-18-30-31(19-40)45-11-10-44-30)33(36-20-35-26)38-24-7-8-28-22(13-24)16-37-41(28)17-21-4-2-5-23(34)12-21/h2-8,12-16,20,30-31H,9-11,17-19H2,1H3,(H,39,42)(H,35,36,38)/t30-,31+. The fourth-order valence-electron chi connectivity index (χ4n) is 5.86. The minimum absolute atomic E-state index is 0.0965. The number of carbonyl (C=O) groups is 1. The highest BCUT2D eigenvalue weighted by molar-refractivity contribution is 6.03. The van der Waals surface area contributed by atoms with Crippen molar-refractivity contribution in [1.29, 1.82) is 0 Å². The molecular weight excluding hydrogens is 577 g/mol. The molecule has 4 heterocycles. The van der Waals surface area contributed by atoms with E-state index in [0.717, 1.165) is 35.2 Å². The lowest BCUT2D eigenvalue weighted by Crippen LogP contribution is -2.36. The van der Waals surface area contributed by atoms with Crippen LogP contribution in [0.3, 0.4) is 0 Å². The summed E-state index contributed by atoms with van der Waals surface area (Å²) in [6.45, 7) is 3.91. The summed E-state index contributed by atoms with van der Waals surface area (Å²) in [6, 6.07) is 16.0. The Balaban J connectivity index is 1.06. The van der Waals surface area contributed by atoms with E-state index in [1.807, 2.05) is 35.0 Å². The lowest BCUT2D eigenvalue weighted by molar-refractivity contribution is -0.116. The average Bonchev–Trinajstić information content (AvgIpc) is 3.64. The van der Waals surface area contributed by atoms with Crippen molar-refractivity contribution >= 4 is 44.9 Å².